The molecule has 2 amide bonds. The number of nitrogens with zero attached hydrogens (tertiary/aromatic N) is 1. The number of carbonyl (C=O) groups excluding carboxylic acids is 2. The summed E-state index contributed by atoms with van der Waals surface area (Å²) in [5.74, 6) is 0.569. The first-order valence-corrected chi connectivity index (χ1v) is 7.95. The molecule has 5 heteroatoms. The summed E-state index contributed by atoms with van der Waals surface area (Å²) in [5, 5.41) is 2.78. The molecule has 0 aromatic rings. The molecule has 0 bridgehead atoms. The second-order valence-corrected chi connectivity index (χ2v) is 6.20. The topological polar surface area (TPSA) is 75.4 Å². The number of rotatable bonds is 4. The number of piperidine rings is 1. The zero-order valence-corrected chi connectivity index (χ0v) is 12.3. The lowest BCUT2D eigenvalue weighted by Gasteiger charge is -2.30. The molecular formula is C15H27N3O2. The Hall–Kier alpha value is -1.10. The Morgan fingerprint density at radius 2 is 1.70 bits per heavy atom. The molecule has 1 saturated carbocycles. The standard InChI is InChI=1S/C15H27N3O2/c16-13-6-8-18(9-7-13)15(20)11-17-14(19)10-12-4-2-1-3-5-12/h12-13H,1-11,16H2,(H,17,19). The highest BCUT2D eigenvalue weighted by Gasteiger charge is 2.21. The van der Waals surface area contributed by atoms with Crippen molar-refractivity contribution in [2.24, 2.45) is 11.7 Å². The molecule has 2 rings (SSSR count). The van der Waals surface area contributed by atoms with Gasteiger partial charge < -0.3 is 16.0 Å². The number of nitrogens with two attached hydrogens (primary N) is 1. The minimum Gasteiger partial charge on any atom is -0.347 e. The van der Waals surface area contributed by atoms with Crippen molar-refractivity contribution in [2.75, 3.05) is 19.6 Å². The molecule has 0 atom stereocenters. The van der Waals surface area contributed by atoms with Gasteiger partial charge in [-0.3, -0.25) is 9.59 Å². The minimum absolute atomic E-state index is 0.0221. The molecule has 1 saturated heterocycles. The van der Waals surface area contributed by atoms with Crippen molar-refractivity contribution in [1.29, 1.82) is 0 Å². The zero-order chi connectivity index (χ0) is 14.4. The first kappa shape index (κ1) is 15.3. The maximum atomic E-state index is 12.0. The van der Waals surface area contributed by atoms with Crippen LogP contribution in [0.5, 0.6) is 0 Å². The summed E-state index contributed by atoms with van der Waals surface area (Å²) in [4.78, 5) is 25.6. The fourth-order valence-corrected chi connectivity index (χ4v) is 3.16. The minimum atomic E-state index is 0.0221. The van der Waals surface area contributed by atoms with Crippen molar-refractivity contribution in [3.05, 3.63) is 0 Å². The van der Waals surface area contributed by atoms with Crippen molar-refractivity contribution in [2.45, 2.75) is 57.4 Å². The molecule has 2 aliphatic rings. The van der Waals surface area contributed by atoms with E-state index in [-0.39, 0.29) is 24.4 Å². The van der Waals surface area contributed by atoms with Gasteiger partial charge in [-0.1, -0.05) is 19.3 Å². The number of nitrogens with one attached hydrogen (secondary N) is 1. The van der Waals surface area contributed by atoms with Crippen LogP contribution in [0.4, 0.5) is 0 Å². The summed E-state index contributed by atoms with van der Waals surface area (Å²) in [5.41, 5.74) is 5.82. The summed E-state index contributed by atoms with van der Waals surface area (Å²) in [6, 6.07) is 0.222. The summed E-state index contributed by atoms with van der Waals surface area (Å²) in [7, 11) is 0. The quantitative estimate of drug-likeness (QED) is 0.808. The van der Waals surface area contributed by atoms with Gasteiger partial charge in [0.15, 0.2) is 0 Å². The molecule has 1 aliphatic carbocycles. The van der Waals surface area contributed by atoms with Crippen LogP contribution >= 0.6 is 0 Å². The Labute approximate surface area is 121 Å². The zero-order valence-electron chi connectivity index (χ0n) is 12.3. The second-order valence-electron chi connectivity index (χ2n) is 6.20. The molecule has 0 radical (unpaired) electrons. The van der Waals surface area contributed by atoms with E-state index < -0.39 is 0 Å². The highest BCUT2D eigenvalue weighted by molar-refractivity contribution is 5.84. The molecule has 114 valence electrons. The highest BCUT2D eigenvalue weighted by Crippen LogP contribution is 2.25. The lowest BCUT2D eigenvalue weighted by molar-refractivity contribution is -0.134. The van der Waals surface area contributed by atoms with Gasteiger partial charge in [-0.2, -0.15) is 0 Å². The van der Waals surface area contributed by atoms with Gasteiger partial charge in [-0.25, -0.2) is 0 Å². The first-order valence-electron chi connectivity index (χ1n) is 7.95. The van der Waals surface area contributed by atoms with E-state index in [2.05, 4.69) is 5.32 Å². The maximum Gasteiger partial charge on any atom is 0.241 e. The Morgan fingerprint density at radius 3 is 2.35 bits per heavy atom. The van der Waals surface area contributed by atoms with Crippen LogP contribution in [-0.2, 0) is 9.59 Å². The van der Waals surface area contributed by atoms with Crippen LogP contribution in [0, 0.1) is 5.92 Å². The van der Waals surface area contributed by atoms with Crippen molar-refractivity contribution < 1.29 is 9.59 Å². The van der Waals surface area contributed by atoms with E-state index in [1.54, 1.807) is 0 Å². The monoisotopic (exact) mass is 281 g/mol. The van der Waals surface area contributed by atoms with Gasteiger partial charge in [0.2, 0.25) is 11.8 Å². The van der Waals surface area contributed by atoms with Crippen LogP contribution < -0.4 is 11.1 Å². The summed E-state index contributed by atoms with van der Waals surface area (Å²) in [6.45, 7) is 1.58. The molecule has 3 N–H and O–H groups in total. The normalized spacial score (nSPS) is 21.8. The largest absolute Gasteiger partial charge is 0.347 e. The Morgan fingerprint density at radius 1 is 1.05 bits per heavy atom. The van der Waals surface area contributed by atoms with Gasteiger partial charge in [-0.15, -0.1) is 0 Å². The number of carbonyl (C=O) groups is 2. The predicted octanol–water partition coefficient (Wildman–Crippen LogP) is 1.02. The average molecular weight is 281 g/mol. The molecule has 5 nitrogen and oxygen atoms in total. The smallest absolute Gasteiger partial charge is 0.241 e. The molecule has 0 spiro atoms. The Bertz CT molecular complexity index is 332. The van der Waals surface area contributed by atoms with Crippen LogP contribution in [-0.4, -0.2) is 42.4 Å². The van der Waals surface area contributed by atoms with E-state index in [1.165, 1.54) is 19.3 Å². The highest BCUT2D eigenvalue weighted by atomic mass is 16.2. The molecule has 1 aliphatic heterocycles. The number of hydrogen-bond acceptors (Lipinski definition) is 3. The molecule has 0 aromatic heterocycles. The van der Waals surface area contributed by atoms with E-state index in [4.69, 9.17) is 5.73 Å². The van der Waals surface area contributed by atoms with E-state index in [1.807, 2.05) is 4.90 Å². The second kappa shape index (κ2) is 7.62. The number of likely N-dealkylation sites (tertiary alicyclic amines) is 1. The van der Waals surface area contributed by atoms with Gasteiger partial charge >= 0.3 is 0 Å². The number of hydrogen-bond donors (Lipinski definition) is 2. The van der Waals surface area contributed by atoms with E-state index in [9.17, 15) is 9.59 Å². The van der Waals surface area contributed by atoms with Crippen LogP contribution in [0.1, 0.15) is 51.4 Å². The van der Waals surface area contributed by atoms with Crippen molar-refractivity contribution in [3.8, 4) is 0 Å². The van der Waals surface area contributed by atoms with E-state index >= 15 is 0 Å². The number of amides is 2. The van der Waals surface area contributed by atoms with Gasteiger partial charge in [0.25, 0.3) is 0 Å². The third kappa shape index (κ3) is 4.78. The molecule has 0 aromatic carbocycles. The third-order valence-electron chi connectivity index (χ3n) is 4.53. The molecule has 0 unspecified atom stereocenters. The average Bonchev–Trinajstić information content (AvgIpc) is 2.46. The van der Waals surface area contributed by atoms with Gasteiger partial charge in [0.1, 0.15) is 0 Å². The summed E-state index contributed by atoms with van der Waals surface area (Å²) >= 11 is 0. The molecule has 2 fully saturated rings. The van der Waals surface area contributed by atoms with Crippen LogP contribution in [0.25, 0.3) is 0 Å². The van der Waals surface area contributed by atoms with Crippen molar-refractivity contribution >= 4 is 11.8 Å². The van der Waals surface area contributed by atoms with E-state index in [0.29, 0.717) is 12.3 Å². The lowest BCUT2D eigenvalue weighted by atomic mass is 9.87. The van der Waals surface area contributed by atoms with E-state index in [0.717, 1.165) is 38.8 Å². The summed E-state index contributed by atoms with van der Waals surface area (Å²) < 4.78 is 0. The van der Waals surface area contributed by atoms with Gasteiger partial charge in [0.05, 0.1) is 6.54 Å². The Balaban J connectivity index is 1.63. The first-order chi connectivity index (χ1) is 9.65. The molecule has 20 heavy (non-hydrogen) atoms. The van der Waals surface area contributed by atoms with Gasteiger partial charge in [-0.05, 0) is 31.6 Å². The molecule has 1 heterocycles. The Kier molecular flexibility index (Phi) is 5.83. The molecular weight excluding hydrogens is 254 g/mol. The van der Waals surface area contributed by atoms with Crippen molar-refractivity contribution in [3.63, 3.8) is 0 Å². The summed E-state index contributed by atoms with van der Waals surface area (Å²) in [6.07, 6.45) is 8.40. The fourth-order valence-electron chi connectivity index (χ4n) is 3.16. The maximum absolute atomic E-state index is 12.0. The van der Waals surface area contributed by atoms with Crippen LogP contribution in [0.2, 0.25) is 0 Å². The predicted molar refractivity (Wildman–Crippen MR) is 78.0 cm³/mol. The third-order valence-corrected chi connectivity index (χ3v) is 4.53. The SMILES string of the molecule is NC1CCN(C(=O)CNC(=O)CC2CCCCC2)CC1. The fraction of sp³-hybridized carbons (Fsp3) is 0.867. The lowest BCUT2D eigenvalue weighted by Crippen LogP contribution is -2.46. The van der Waals surface area contributed by atoms with Gasteiger partial charge in [0, 0.05) is 25.6 Å². The van der Waals surface area contributed by atoms with Crippen molar-refractivity contribution in [1.82, 2.24) is 10.2 Å². The van der Waals surface area contributed by atoms with Crippen LogP contribution in [0.15, 0.2) is 0 Å². The van der Waals surface area contributed by atoms with Crippen LogP contribution in [0.3, 0.4) is 0 Å².